The van der Waals surface area contributed by atoms with Crippen LogP contribution in [0.5, 0.6) is 0 Å². The monoisotopic (exact) mass is 384 g/mol. The second-order valence-corrected chi connectivity index (χ2v) is 6.04. The Hall–Kier alpha value is -1.56. The van der Waals surface area contributed by atoms with Crippen LogP contribution in [0.2, 0.25) is 0 Å². The van der Waals surface area contributed by atoms with Crippen molar-refractivity contribution in [2.24, 2.45) is 23.7 Å². The van der Waals surface area contributed by atoms with Crippen LogP contribution in [0.3, 0.4) is 0 Å². The molecule has 1 saturated carbocycles. The molecule has 160 valence electrons. The zero-order valence-corrected chi connectivity index (χ0v) is 20.1. The Morgan fingerprint density at radius 3 is 1.29 bits per heavy atom. The second kappa shape index (κ2) is 21.7. The first-order valence-electron chi connectivity index (χ1n) is 11.9. The highest BCUT2D eigenvalue weighted by Crippen LogP contribution is 2.52. The molecule has 5 aliphatic carbocycles. The summed E-state index contributed by atoms with van der Waals surface area (Å²) in [6.45, 7) is 16.0. The van der Waals surface area contributed by atoms with E-state index < -0.39 is 0 Å². The third kappa shape index (κ3) is 10.7. The molecule has 0 aliphatic heterocycles. The lowest BCUT2D eigenvalue weighted by Gasteiger charge is -2.18. The van der Waals surface area contributed by atoms with Crippen LogP contribution in [0.1, 0.15) is 81.1 Å². The summed E-state index contributed by atoms with van der Waals surface area (Å²) in [6.07, 6.45) is 31.5. The van der Waals surface area contributed by atoms with Crippen LogP contribution in [0.15, 0.2) is 72.9 Å². The minimum atomic E-state index is 0.925. The molecule has 0 heteroatoms. The highest BCUT2D eigenvalue weighted by molar-refractivity contribution is 5.21. The van der Waals surface area contributed by atoms with E-state index in [4.69, 9.17) is 0 Å². The zero-order valence-electron chi connectivity index (χ0n) is 20.1. The highest BCUT2D eigenvalue weighted by Gasteiger charge is 2.44. The summed E-state index contributed by atoms with van der Waals surface area (Å²) < 4.78 is 0. The molecule has 0 saturated heterocycles. The predicted molar refractivity (Wildman–Crippen MR) is 133 cm³/mol. The summed E-state index contributed by atoms with van der Waals surface area (Å²) in [7, 11) is 0. The topological polar surface area (TPSA) is 0 Å². The standard InChI is InChI=1S/C10H12.2C5H6.4C2H6/c1-2-9-7-4-5-8(6-7)10(9)3-1;2*1-2-4-5-3-1;4*1-2/h1-2,4-5,7-10H,3,6H2;2*1-4H,5H2;4*1-2H3. The molecule has 0 amide bonds. The highest BCUT2D eigenvalue weighted by atomic mass is 14.5. The van der Waals surface area contributed by atoms with E-state index in [-0.39, 0.29) is 0 Å². The van der Waals surface area contributed by atoms with E-state index in [0.29, 0.717) is 0 Å². The number of rotatable bonds is 0. The molecule has 5 aliphatic rings. The van der Waals surface area contributed by atoms with Crippen molar-refractivity contribution >= 4 is 0 Å². The summed E-state index contributed by atoms with van der Waals surface area (Å²) in [5, 5.41) is 0. The minimum Gasteiger partial charge on any atom is -0.0879 e. The van der Waals surface area contributed by atoms with Crippen molar-refractivity contribution in [3.63, 3.8) is 0 Å². The molecule has 5 rings (SSSR count). The Kier molecular flexibility index (Phi) is 22.2. The fourth-order valence-corrected chi connectivity index (χ4v) is 3.76. The molecule has 0 nitrogen and oxygen atoms in total. The molecule has 2 bridgehead atoms. The molecule has 0 radical (unpaired) electrons. The van der Waals surface area contributed by atoms with E-state index in [1.807, 2.05) is 55.4 Å². The number of hydrogen-bond acceptors (Lipinski definition) is 0. The molecule has 0 N–H and O–H groups in total. The van der Waals surface area contributed by atoms with E-state index in [9.17, 15) is 0 Å². The number of allylic oxidation sites excluding steroid dienone is 12. The van der Waals surface area contributed by atoms with Crippen LogP contribution in [0.25, 0.3) is 0 Å². The van der Waals surface area contributed by atoms with E-state index >= 15 is 0 Å². The SMILES string of the molecule is C1=CC2C3C=CC(C3)C2C1.C1=CCC=C1.C1=CCC=C1.CC.CC.CC.CC. The van der Waals surface area contributed by atoms with Crippen molar-refractivity contribution in [3.05, 3.63) is 72.9 Å². The summed E-state index contributed by atoms with van der Waals surface area (Å²) in [4.78, 5) is 0. The Balaban J connectivity index is 0. The molecule has 0 aromatic heterocycles. The minimum absolute atomic E-state index is 0.925. The van der Waals surface area contributed by atoms with E-state index in [1.54, 1.807) is 0 Å². The van der Waals surface area contributed by atoms with E-state index in [0.717, 1.165) is 36.5 Å². The maximum absolute atomic E-state index is 2.44. The molecule has 0 aromatic rings. The van der Waals surface area contributed by atoms with Gasteiger partial charge in [-0.25, -0.2) is 0 Å². The van der Waals surface area contributed by atoms with Crippen LogP contribution in [-0.2, 0) is 0 Å². The van der Waals surface area contributed by atoms with Crippen molar-refractivity contribution in [1.29, 1.82) is 0 Å². The Morgan fingerprint density at radius 1 is 0.500 bits per heavy atom. The van der Waals surface area contributed by atoms with Gasteiger partial charge in [-0.05, 0) is 49.4 Å². The number of fused-ring (bicyclic) bond motifs is 5. The summed E-state index contributed by atoms with van der Waals surface area (Å²) in [5.41, 5.74) is 0. The van der Waals surface area contributed by atoms with Gasteiger partial charge in [0.05, 0.1) is 0 Å². The van der Waals surface area contributed by atoms with Crippen molar-refractivity contribution < 1.29 is 0 Å². The second-order valence-electron chi connectivity index (χ2n) is 6.04. The smallest absolute Gasteiger partial charge is 0.0133 e. The molecular formula is C28H48. The third-order valence-electron chi connectivity index (χ3n) is 4.77. The summed E-state index contributed by atoms with van der Waals surface area (Å²) in [6, 6.07) is 0. The van der Waals surface area contributed by atoms with Gasteiger partial charge in [-0.3, -0.25) is 0 Å². The first kappa shape index (κ1) is 28.6. The van der Waals surface area contributed by atoms with Gasteiger partial charge in [0.25, 0.3) is 0 Å². The van der Waals surface area contributed by atoms with Crippen LogP contribution >= 0.6 is 0 Å². The fourth-order valence-electron chi connectivity index (χ4n) is 3.76. The lowest BCUT2D eigenvalue weighted by atomic mass is 9.86. The maximum atomic E-state index is 2.44. The molecular weight excluding hydrogens is 336 g/mol. The van der Waals surface area contributed by atoms with Gasteiger partial charge in [0.15, 0.2) is 0 Å². The summed E-state index contributed by atoms with van der Waals surface area (Å²) >= 11 is 0. The average Bonchev–Trinajstić information content (AvgIpc) is 3.64. The molecule has 4 atom stereocenters. The van der Waals surface area contributed by atoms with Crippen molar-refractivity contribution in [1.82, 2.24) is 0 Å². The predicted octanol–water partition coefficient (Wildman–Crippen LogP) is 9.49. The normalized spacial score (nSPS) is 26.6. The Morgan fingerprint density at radius 2 is 0.929 bits per heavy atom. The molecule has 4 unspecified atom stereocenters. The van der Waals surface area contributed by atoms with Crippen LogP contribution in [-0.4, -0.2) is 0 Å². The van der Waals surface area contributed by atoms with Gasteiger partial charge in [0.1, 0.15) is 0 Å². The van der Waals surface area contributed by atoms with Crippen molar-refractivity contribution in [2.45, 2.75) is 81.1 Å². The largest absolute Gasteiger partial charge is 0.0879 e. The fraction of sp³-hybridized carbons (Fsp3) is 0.571. The van der Waals surface area contributed by atoms with Crippen LogP contribution in [0, 0.1) is 23.7 Å². The van der Waals surface area contributed by atoms with Crippen LogP contribution in [0.4, 0.5) is 0 Å². The van der Waals surface area contributed by atoms with Crippen molar-refractivity contribution in [3.8, 4) is 0 Å². The lowest BCUT2D eigenvalue weighted by Crippen LogP contribution is -2.12. The van der Waals surface area contributed by atoms with Crippen LogP contribution < -0.4 is 0 Å². The molecule has 0 aromatic carbocycles. The average molecular weight is 385 g/mol. The zero-order chi connectivity index (χ0) is 21.6. The summed E-state index contributed by atoms with van der Waals surface area (Å²) in [5.74, 6) is 3.82. The van der Waals surface area contributed by atoms with Gasteiger partial charge < -0.3 is 0 Å². The van der Waals surface area contributed by atoms with Gasteiger partial charge in [-0.2, -0.15) is 0 Å². The molecule has 1 fully saturated rings. The van der Waals surface area contributed by atoms with Gasteiger partial charge >= 0.3 is 0 Å². The third-order valence-corrected chi connectivity index (χ3v) is 4.77. The quantitative estimate of drug-likeness (QED) is 0.365. The van der Waals surface area contributed by atoms with Gasteiger partial charge in [-0.15, -0.1) is 0 Å². The maximum Gasteiger partial charge on any atom is -0.0133 e. The van der Waals surface area contributed by atoms with Crippen molar-refractivity contribution in [2.75, 3.05) is 0 Å². The lowest BCUT2D eigenvalue weighted by molar-refractivity contribution is 0.398. The Bertz CT molecular complexity index is 442. The first-order valence-corrected chi connectivity index (χ1v) is 11.9. The Labute approximate surface area is 177 Å². The molecule has 0 heterocycles. The molecule has 28 heavy (non-hydrogen) atoms. The van der Waals surface area contributed by atoms with E-state index in [2.05, 4.69) is 72.9 Å². The molecule has 0 spiro atoms. The number of hydrogen-bond donors (Lipinski definition) is 0. The first-order chi connectivity index (χ1) is 13.9. The van der Waals surface area contributed by atoms with E-state index in [1.165, 1.54) is 12.8 Å². The van der Waals surface area contributed by atoms with Gasteiger partial charge in [0, 0.05) is 0 Å². The van der Waals surface area contributed by atoms with Gasteiger partial charge in [0.2, 0.25) is 0 Å². The van der Waals surface area contributed by atoms with Gasteiger partial charge in [-0.1, -0.05) is 128 Å².